The van der Waals surface area contributed by atoms with Crippen LogP contribution in [0.25, 0.3) is 0 Å². The van der Waals surface area contributed by atoms with Crippen LogP contribution in [0.1, 0.15) is 24.2 Å². The Morgan fingerprint density at radius 3 is 2.67 bits per heavy atom. The zero-order valence-electron chi connectivity index (χ0n) is 11.9. The van der Waals surface area contributed by atoms with Gasteiger partial charge in [0.2, 0.25) is 0 Å². The van der Waals surface area contributed by atoms with Gasteiger partial charge in [-0.25, -0.2) is 4.79 Å². The van der Waals surface area contributed by atoms with Crippen LogP contribution in [-0.4, -0.2) is 48.1 Å². The van der Waals surface area contributed by atoms with Crippen LogP contribution in [0.15, 0.2) is 30.3 Å². The molecule has 0 bridgehead atoms. The molecule has 0 spiro atoms. The van der Waals surface area contributed by atoms with Gasteiger partial charge in [-0.2, -0.15) is 0 Å². The second-order valence-corrected chi connectivity index (χ2v) is 5.60. The molecule has 0 amide bonds. The quantitative estimate of drug-likeness (QED) is 0.841. The maximum Gasteiger partial charge on any atom is 0.338 e. The first-order chi connectivity index (χ1) is 9.96. The Balaban J connectivity index is 1.55. The Labute approximate surface area is 122 Å². The van der Waals surface area contributed by atoms with Gasteiger partial charge in [-0.3, -0.25) is 0 Å². The molecule has 0 aliphatic carbocycles. The Morgan fingerprint density at radius 1 is 1.29 bits per heavy atom. The summed E-state index contributed by atoms with van der Waals surface area (Å²) in [7, 11) is 0. The first-order valence-corrected chi connectivity index (χ1v) is 6.88. The highest BCUT2D eigenvalue weighted by Gasteiger charge is 2.54. The molecule has 1 N–H and O–H groups in total. The summed E-state index contributed by atoms with van der Waals surface area (Å²) in [6.45, 7) is 3.46. The molecule has 3 rings (SSSR count). The van der Waals surface area contributed by atoms with Crippen molar-refractivity contribution in [1.29, 1.82) is 0 Å². The minimum Gasteiger partial charge on any atom is -0.459 e. The molecule has 0 saturated carbocycles. The van der Waals surface area contributed by atoms with Crippen LogP contribution in [0.3, 0.4) is 0 Å². The topological polar surface area (TPSA) is 74.2 Å². The minimum absolute atomic E-state index is 0.0466. The van der Waals surface area contributed by atoms with Crippen LogP contribution in [0.2, 0.25) is 0 Å². The van der Waals surface area contributed by atoms with E-state index in [1.54, 1.807) is 38.1 Å². The first kappa shape index (κ1) is 14.5. The summed E-state index contributed by atoms with van der Waals surface area (Å²) in [5.74, 6) is -1.23. The van der Waals surface area contributed by atoms with Crippen molar-refractivity contribution in [2.75, 3.05) is 6.61 Å². The molecule has 2 saturated heterocycles. The van der Waals surface area contributed by atoms with Crippen molar-refractivity contribution < 1.29 is 28.8 Å². The van der Waals surface area contributed by atoms with Gasteiger partial charge in [0.15, 0.2) is 12.1 Å². The fourth-order valence-electron chi connectivity index (χ4n) is 2.51. The van der Waals surface area contributed by atoms with E-state index in [1.165, 1.54) is 0 Å². The third-order valence-corrected chi connectivity index (χ3v) is 3.50. The van der Waals surface area contributed by atoms with Crippen molar-refractivity contribution >= 4 is 5.97 Å². The van der Waals surface area contributed by atoms with Gasteiger partial charge in [0.1, 0.15) is 24.9 Å². The monoisotopic (exact) mass is 294 g/mol. The van der Waals surface area contributed by atoms with E-state index in [1.807, 2.05) is 6.07 Å². The van der Waals surface area contributed by atoms with Gasteiger partial charge in [-0.15, -0.1) is 0 Å². The average molecular weight is 294 g/mol. The molecular weight excluding hydrogens is 276 g/mol. The number of rotatable bonds is 3. The lowest BCUT2D eigenvalue weighted by Gasteiger charge is -2.22. The van der Waals surface area contributed by atoms with Crippen LogP contribution >= 0.6 is 0 Å². The van der Waals surface area contributed by atoms with E-state index in [2.05, 4.69) is 0 Å². The molecule has 2 aliphatic heterocycles. The van der Waals surface area contributed by atoms with Gasteiger partial charge in [0.05, 0.1) is 5.56 Å². The van der Waals surface area contributed by atoms with Crippen molar-refractivity contribution in [3.05, 3.63) is 35.9 Å². The van der Waals surface area contributed by atoms with Gasteiger partial charge >= 0.3 is 5.97 Å². The molecule has 114 valence electrons. The standard InChI is InChI=1S/C15H18O6/c1-15(2)20-12-11(16)10(19-14(12)21-15)8-18-13(17)9-6-4-3-5-7-9/h3-7,10-12,14,16H,8H2,1-2H3/t10-,11+,12-,14-/m0/s1. The maximum absolute atomic E-state index is 11.8. The highest BCUT2D eigenvalue weighted by Crippen LogP contribution is 2.37. The van der Waals surface area contributed by atoms with E-state index in [9.17, 15) is 9.90 Å². The van der Waals surface area contributed by atoms with Crippen LogP contribution in [0.5, 0.6) is 0 Å². The molecule has 2 aliphatic rings. The molecule has 6 nitrogen and oxygen atoms in total. The second kappa shape index (κ2) is 5.38. The number of carbonyl (C=O) groups excluding carboxylic acids is 1. The number of carbonyl (C=O) groups is 1. The van der Waals surface area contributed by atoms with E-state index < -0.39 is 36.4 Å². The Hall–Kier alpha value is -1.47. The molecular formula is C15H18O6. The molecule has 4 atom stereocenters. The summed E-state index contributed by atoms with van der Waals surface area (Å²) < 4.78 is 21.8. The van der Waals surface area contributed by atoms with E-state index >= 15 is 0 Å². The summed E-state index contributed by atoms with van der Waals surface area (Å²) >= 11 is 0. The molecule has 2 heterocycles. The van der Waals surface area contributed by atoms with Crippen LogP contribution in [-0.2, 0) is 18.9 Å². The van der Waals surface area contributed by atoms with Crippen LogP contribution in [0, 0.1) is 0 Å². The number of aliphatic hydroxyl groups is 1. The molecule has 1 aromatic carbocycles. The molecule has 2 fully saturated rings. The number of aliphatic hydroxyl groups excluding tert-OH is 1. The summed E-state index contributed by atoms with van der Waals surface area (Å²) in [5.41, 5.74) is 0.457. The molecule has 21 heavy (non-hydrogen) atoms. The minimum atomic E-state index is -0.889. The summed E-state index contributed by atoms with van der Waals surface area (Å²) in [5, 5.41) is 10.2. The highest BCUT2D eigenvalue weighted by molar-refractivity contribution is 5.89. The summed E-state index contributed by atoms with van der Waals surface area (Å²) in [6.07, 6.45) is -2.72. The van der Waals surface area contributed by atoms with E-state index in [0.29, 0.717) is 5.56 Å². The van der Waals surface area contributed by atoms with Gasteiger partial charge in [0, 0.05) is 0 Å². The Morgan fingerprint density at radius 2 is 2.00 bits per heavy atom. The van der Waals surface area contributed by atoms with E-state index in [-0.39, 0.29) is 6.61 Å². The highest BCUT2D eigenvalue weighted by atomic mass is 16.8. The van der Waals surface area contributed by atoms with Crippen molar-refractivity contribution in [2.45, 2.75) is 44.2 Å². The normalized spacial score (nSPS) is 33.7. The number of hydrogen-bond donors (Lipinski definition) is 1. The van der Waals surface area contributed by atoms with E-state index in [0.717, 1.165) is 0 Å². The summed E-state index contributed by atoms with van der Waals surface area (Å²) in [4.78, 5) is 11.8. The zero-order valence-corrected chi connectivity index (χ0v) is 11.9. The summed E-state index contributed by atoms with van der Waals surface area (Å²) in [6, 6.07) is 8.66. The third kappa shape index (κ3) is 2.94. The Bertz CT molecular complexity index is 514. The van der Waals surface area contributed by atoms with Gasteiger partial charge in [-0.05, 0) is 26.0 Å². The second-order valence-electron chi connectivity index (χ2n) is 5.60. The molecule has 0 aromatic heterocycles. The number of fused-ring (bicyclic) bond motifs is 1. The van der Waals surface area contributed by atoms with Crippen molar-refractivity contribution in [3.63, 3.8) is 0 Å². The van der Waals surface area contributed by atoms with Gasteiger partial charge in [0.25, 0.3) is 0 Å². The molecule has 6 heteroatoms. The lowest BCUT2D eigenvalue weighted by molar-refractivity contribution is -0.218. The Kier molecular flexibility index (Phi) is 3.71. The SMILES string of the molecule is CC1(C)O[C@@H]2O[C@@H](COC(=O)c3ccccc3)[C@@H](O)[C@@H]2O1. The fraction of sp³-hybridized carbons (Fsp3) is 0.533. The van der Waals surface area contributed by atoms with Gasteiger partial charge < -0.3 is 24.1 Å². The number of esters is 1. The van der Waals surface area contributed by atoms with Crippen molar-refractivity contribution in [3.8, 4) is 0 Å². The van der Waals surface area contributed by atoms with Gasteiger partial charge in [-0.1, -0.05) is 18.2 Å². The zero-order chi connectivity index (χ0) is 15.0. The number of ether oxygens (including phenoxy) is 4. The predicted molar refractivity (Wildman–Crippen MR) is 71.4 cm³/mol. The lowest BCUT2D eigenvalue weighted by atomic mass is 10.1. The van der Waals surface area contributed by atoms with E-state index in [4.69, 9.17) is 18.9 Å². The average Bonchev–Trinajstić information content (AvgIpc) is 2.91. The third-order valence-electron chi connectivity index (χ3n) is 3.50. The maximum atomic E-state index is 11.8. The number of benzene rings is 1. The molecule has 1 aromatic rings. The number of hydrogen-bond acceptors (Lipinski definition) is 6. The van der Waals surface area contributed by atoms with Crippen LogP contribution < -0.4 is 0 Å². The first-order valence-electron chi connectivity index (χ1n) is 6.88. The van der Waals surface area contributed by atoms with Crippen LogP contribution in [0.4, 0.5) is 0 Å². The lowest BCUT2D eigenvalue weighted by Crippen LogP contribution is -2.37. The smallest absolute Gasteiger partial charge is 0.338 e. The van der Waals surface area contributed by atoms with Crippen molar-refractivity contribution in [1.82, 2.24) is 0 Å². The largest absolute Gasteiger partial charge is 0.459 e. The molecule has 0 radical (unpaired) electrons. The fourth-order valence-corrected chi connectivity index (χ4v) is 2.51. The molecule has 0 unspecified atom stereocenters. The van der Waals surface area contributed by atoms with Crippen molar-refractivity contribution in [2.24, 2.45) is 0 Å². The predicted octanol–water partition coefficient (Wildman–Crippen LogP) is 1.08.